The average molecular weight is 195 g/mol. The Bertz CT molecular complexity index is 339. The molecule has 1 aromatic rings. The lowest BCUT2D eigenvalue weighted by Gasteiger charge is -1.90. The summed E-state index contributed by atoms with van der Waals surface area (Å²) in [7, 11) is 0. The Balaban J connectivity index is 2.36. The lowest BCUT2D eigenvalue weighted by molar-refractivity contribution is 0.102. The van der Waals surface area contributed by atoms with Gasteiger partial charge in [-0.15, -0.1) is 11.3 Å². The molecule has 0 aliphatic heterocycles. The third kappa shape index (κ3) is 1.66. The molecule has 1 heterocycles. The second-order valence-electron chi connectivity index (χ2n) is 3.51. The Morgan fingerprint density at radius 1 is 1.62 bits per heavy atom. The van der Waals surface area contributed by atoms with Crippen molar-refractivity contribution in [2.75, 3.05) is 0 Å². The number of Topliss-reactive ketones (excluding diaryl/α,β-unsaturated/α-hetero) is 1. The summed E-state index contributed by atoms with van der Waals surface area (Å²) < 4.78 is 0. The molecule has 2 rings (SSSR count). The molecular formula is C10H13NOS. The van der Waals surface area contributed by atoms with Crippen LogP contribution in [0.5, 0.6) is 0 Å². The van der Waals surface area contributed by atoms with Gasteiger partial charge in [0, 0.05) is 12.8 Å². The molecule has 0 N–H and O–H groups in total. The number of nitrogens with zero attached hydrogens (tertiary/aromatic N) is 1. The van der Waals surface area contributed by atoms with Crippen LogP contribution in [0, 0.1) is 0 Å². The van der Waals surface area contributed by atoms with E-state index in [0.717, 1.165) is 17.0 Å². The molecule has 2 nitrogen and oxygen atoms in total. The number of aryl methyl sites for hydroxylation is 1. The topological polar surface area (TPSA) is 30.0 Å². The van der Waals surface area contributed by atoms with Crippen molar-refractivity contribution in [1.29, 1.82) is 0 Å². The van der Waals surface area contributed by atoms with Crippen molar-refractivity contribution in [3.63, 3.8) is 0 Å². The zero-order valence-electron chi connectivity index (χ0n) is 7.96. The molecule has 0 aromatic carbocycles. The van der Waals surface area contributed by atoms with Crippen LogP contribution in [0.25, 0.3) is 0 Å². The molecule has 0 amide bonds. The van der Waals surface area contributed by atoms with Gasteiger partial charge >= 0.3 is 0 Å². The number of carbonyl (C=O) groups excluding carboxylic acids is 1. The monoisotopic (exact) mass is 195 g/mol. The molecule has 0 unspecified atom stereocenters. The summed E-state index contributed by atoms with van der Waals surface area (Å²) in [5.74, 6) is 0.838. The van der Waals surface area contributed by atoms with Gasteiger partial charge in [-0.2, -0.15) is 0 Å². The van der Waals surface area contributed by atoms with Gasteiger partial charge in [-0.25, -0.2) is 4.98 Å². The van der Waals surface area contributed by atoms with Crippen LogP contribution in [0.2, 0.25) is 0 Å². The molecule has 0 spiro atoms. The van der Waals surface area contributed by atoms with E-state index in [1.165, 1.54) is 17.8 Å². The van der Waals surface area contributed by atoms with Crippen LogP contribution in [-0.4, -0.2) is 10.8 Å². The van der Waals surface area contributed by atoms with Crippen LogP contribution in [0.1, 0.15) is 53.0 Å². The predicted molar refractivity (Wildman–Crippen MR) is 53.5 cm³/mol. The van der Waals surface area contributed by atoms with Gasteiger partial charge in [0.05, 0.1) is 15.6 Å². The smallest absolute Gasteiger partial charge is 0.171 e. The fourth-order valence-electron chi connectivity index (χ4n) is 1.39. The van der Waals surface area contributed by atoms with E-state index in [2.05, 4.69) is 11.9 Å². The molecule has 1 saturated carbocycles. The fraction of sp³-hybridized carbons (Fsp3) is 0.600. The van der Waals surface area contributed by atoms with Gasteiger partial charge < -0.3 is 0 Å². The van der Waals surface area contributed by atoms with Crippen LogP contribution in [0.4, 0.5) is 0 Å². The standard InChI is InChI=1S/C10H13NOS/c1-3-8-9(6(2)12)13-10(11-8)7-4-5-7/h7H,3-5H2,1-2H3. The SMILES string of the molecule is CCc1nc(C2CC2)sc1C(C)=O. The van der Waals surface area contributed by atoms with Crippen LogP contribution in [-0.2, 0) is 6.42 Å². The minimum atomic E-state index is 0.168. The summed E-state index contributed by atoms with van der Waals surface area (Å²) in [6.07, 6.45) is 3.39. The zero-order chi connectivity index (χ0) is 9.42. The molecule has 0 saturated heterocycles. The summed E-state index contributed by atoms with van der Waals surface area (Å²) >= 11 is 1.60. The first-order chi connectivity index (χ1) is 6.22. The Labute approximate surface area is 82.0 Å². The van der Waals surface area contributed by atoms with Gasteiger partial charge in [-0.1, -0.05) is 6.92 Å². The maximum atomic E-state index is 11.3. The number of hydrogen-bond donors (Lipinski definition) is 0. The second-order valence-corrected chi connectivity index (χ2v) is 4.54. The number of hydrogen-bond acceptors (Lipinski definition) is 3. The second kappa shape index (κ2) is 3.22. The first kappa shape index (κ1) is 8.88. The summed E-state index contributed by atoms with van der Waals surface area (Å²) in [5, 5.41) is 1.18. The van der Waals surface area contributed by atoms with E-state index in [9.17, 15) is 4.79 Å². The van der Waals surface area contributed by atoms with E-state index in [-0.39, 0.29) is 5.78 Å². The molecule has 0 atom stereocenters. The highest BCUT2D eigenvalue weighted by Crippen LogP contribution is 2.42. The van der Waals surface area contributed by atoms with Crippen molar-refractivity contribution < 1.29 is 4.79 Å². The van der Waals surface area contributed by atoms with E-state index in [0.29, 0.717) is 5.92 Å². The van der Waals surface area contributed by atoms with Gasteiger partial charge in [0.2, 0.25) is 0 Å². The van der Waals surface area contributed by atoms with Gasteiger partial charge in [-0.05, 0) is 19.3 Å². The first-order valence-corrected chi connectivity index (χ1v) is 5.54. The van der Waals surface area contributed by atoms with Crippen molar-refractivity contribution >= 4 is 17.1 Å². The minimum absolute atomic E-state index is 0.168. The Morgan fingerprint density at radius 3 is 2.69 bits per heavy atom. The van der Waals surface area contributed by atoms with Crippen LogP contribution in [0.15, 0.2) is 0 Å². The van der Waals surface area contributed by atoms with Crippen LogP contribution in [0.3, 0.4) is 0 Å². The van der Waals surface area contributed by atoms with E-state index in [1.807, 2.05) is 0 Å². The molecule has 1 fully saturated rings. The molecule has 1 aromatic heterocycles. The van der Waals surface area contributed by atoms with Crippen molar-refractivity contribution in [1.82, 2.24) is 4.98 Å². The first-order valence-electron chi connectivity index (χ1n) is 4.73. The summed E-state index contributed by atoms with van der Waals surface area (Å²) in [4.78, 5) is 16.6. The van der Waals surface area contributed by atoms with Gasteiger partial charge in [0.1, 0.15) is 0 Å². The summed E-state index contributed by atoms with van der Waals surface area (Å²) in [5.41, 5.74) is 0.999. The molecule has 0 bridgehead atoms. The Hall–Kier alpha value is -0.700. The van der Waals surface area contributed by atoms with Gasteiger partial charge in [0.15, 0.2) is 5.78 Å². The normalized spacial score (nSPS) is 16.2. The lowest BCUT2D eigenvalue weighted by atomic mass is 10.2. The highest BCUT2D eigenvalue weighted by atomic mass is 32.1. The lowest BCUT2D eigenvalue weighted by Crippen LogP contribution is -1.93. The van der Waals surface area contributed by atoms with Crippen LogP contribution >= 0.6 is 11.3 Å². The van der Waals surface area contributed by atoms with E-state index in [4.69, 9.17) is 0 Å². The third-order valence-electron chi connectivity index (χ3n) is 2.30. The fourth-order valence-corrected chi connectivity index (χ4v) is 2.61. The average Bonchev–Trinajstić information content (AvgIpc) is 2.84. The maximum Gasteiger partial charge on any atom is 0.171 e. The summed E-state index contributed by atoms with van der Waals surface area (Å²) in [6, 6.07) is 0. The predicted octanol–water partition coefficient (Wildman–Crippen LogP) is 2.79. The quantitative estimate of drug-likeness (QED) is 0.694. The number of aromatic nitrogens is 1. The maximum absolute atomic E-state index is 11.3. The number of thiazole rings is 1. The van der Waals surface area contributed by atoms with Crippen LogP contribution < -0.4 is 0 Å². The van der Waals surface area contributed by atoms with Crippen molar-refractivity contribution in [2.24, 2.45) is 0 Å². The molecule has 1 aliphatic rings. The Morgan fingerprint density at radius 2 is 2.31 bits per heavy atom. The molecule has 3 heteroatoms. The number of carbonyl (C=O) groups is 1. The number of rotatable bonds is 3. The summed E-state index contributed by atoms with van der Waals surface area (Å²) in [6.45, 7) is 3.68. The van der Waals surface area contributed by atoms with Gasteiger partial charge in [0.25, 0.3) is 0 Å². The van der Waals surface area contributed by atoms with Crippen molar-refractivity contribution in [2.45, 2.75) is 39.0 Å². The Kier molecular flexibility index (Phi) is 2.20. The van der Waals surface area contributed by atoms with E-state index in [1.54, 1.807) is 18.3 Å². The molecular weight excluding hydrogens is 182 g/mol. The largest absolute Gasteiger partial charge is 0.294 e. The third-order valence-corrected chi connectivity index (χ3v) is 3.66. The van der Waals surface area contributed by atoms with E-state index >= 15 is 0 Å². The van der Waals surface area contributed by atoms with E-state index < -0.39 is 0 Å². The van der Waals surface area contributed by atoms with Crippen molar-refractivity contribution in [3.05, 3.63) is 15.6 Å². The van der Waals surface area contributed by atoms with Crippen molar-refractivity contribution in [3.8, 4) is 0 Å². The highest BCUT2D eigenvalue weighted by Gasteiger charge is 2.28. The highest BCUT2D eigenvalue weighted by molar-refractivity contribution is 7.14. The molecule has 1 aliphatic carbocycles. The molecule has 70 valence electrons. The zero-order valence-corrected chi connectivity index (χ0v) is 8.78. The number of ketones is 1. The minimum Gasteiger partial charge on any atom is -0.294 e. The molecule has 13 heavy (non-hydrogen) atoms. The molecule has 0 radical (unpaired) electrons. The van der Waals surface area contributed by atoms with Gasteiger partial charge in [-0.3, -0.25) is 4.79 Å².